The summed E-state index contributed by atoms with van der Waals surface area (Å²) in [6, 6.07) is 11.9. The van der Waals surface area contributed by atoms with E-state index < -0.39 is 11.7 Å². The first-order valence-corrected chi connectivity index (χ1v) is 10.9. The molecule has 2 heterocycles. The number of urea groups is 1. The number of nitrogens with one attached hydrogen (secondary N) is 1. The van der Waals surface area contributed by atoms with Crippen molar-refractivity contribution >= 4 is 17.6 Å². The monoisotopic (exact) mass is 477 g/mol. The van der Waals surface area contributed by atoms with Gasteiger partial charge in [0.2, 0.25) is 0 Å². The van der Waals surface area contributed by atoms with Gasteiger partial charge < -0.3 is 14.8 Å². The van der Waals surface area contributed by atoms with Crippen molar-refractivity contribution in [2.24, 2.45) is 0 Å². The molecule has 0 spiro atoms. The van der Waals surface area contributed by atoms with Crippen LogP contribution in [0.1, 0.15) is 47.2 Å². The molecule has 2 amide bonds. The number of likely N-dealkylation sites (tertiary alicyclic amines) is 1. The van der Waals surface area contributed by atoms with E-state index in [9.17, 15) is 18.0 Å². The molecule has 1 atom stereocenters. The molecular formula is C23H23ClF3N5O. The summed E-state index contributed by atoms with van der Waals surface area (Å²) in [6.07, 6.45) is -2.89. The fourth-order valence-corrected chi connectivity index (χ4v) is 4.15. The molecule has 1 aliphatic rings. The number of halogens is 4. The summed E-state index contributed by atoms with van der Waals surface area (Å²) in [5, 5.41) is 12.0. The second-order valence-corrected chi connectivity index (χ2v) is 8.46. The molecule has 0 unspecified atom stereocenters. The van der Waals surface area contributed by atoms with Crippen LogP contribution >= 0.6 is 11.6 Å². The number of carbonyl (C=O) groups excluding carboxylic acids is 1. The first-order valence-electron chi connectivity index (χ1n) is 10.6. The second kappa shape index (κ2) is 9.43. The van der Waals surface area contributed by atoms with Crippen LogP contribution in [0, 0.1) is 6.92 Å². The number of alkyl halides is 3. The quantitative estimate of drug-likeness (QED) is 0.538. The van der Waals surface area contributed by atoms with Crippen LogP contribution < -0.4 is 5.32 Å². The third-order valence-corrected chi connectivity index (χ3v) is 5.98. The average Bonchev–Trinajstić information content (AvgIpc) is 3.40. The highest BCUT2D eigenvalue weighted by Gasteiger charge is 2.34. The van der Waals surface area contributed by atoms with Gasteiger partial charge >= 0.3 is 12.2 Å². The maximum Gasteiger partial charge on any atom is 0.416 e. The normalized spacial score (nSPS) is 16.3. The molecule has 10 heteroatoms. The zero-order valence-electron chi connectivity index (χ0n) is 17.9. The smallest absolute Gasteiger partial charge is 0.334 e. The molecule has 3 aromatic rings. The molecule has 1 saturated heterocycles. The Bertz CT molecular complexity index is 1130. The third kappa shape index (κ3) is 5.30. The van der Waals surface area contributed by atoms with E-state index in [4.69, 9.17) is 11.6 Å². The minimum Gasteiger partial charge on any atom is -0.334 e. The summed E-state index contributed by atoms with van der Waals surface area (Å²) >= 11 is 5.98. The zero-order valence-corrected chi connectivity index (χ0v) is 18.7. The summed E-state index contributed by atoms with van der Waals surface area (Å²) < 4.78 is 40.8. The van der Waals surface area contributed by atoms with Gasteiger partial charge in [0, 0.05) is 18.1 Å². The Kier molecular flexibility index (Phi) is 6.60. The van der Waals surface area contributed by atoms with Gasteiger partial charge in [-0.05, 0) is 55.2 Å². The first-order chi connectivity index (χ1) is 15.7. The molecule has 2 aromatic carbocycles. The van der Waals surface area contributed by atoms with Crippen molar-refractivity contribution in [1.82, 2.24) is 25.0 Å². The van der Waals surface area contributed by atoms with Crippen LogP contribution in [-0.4, -0.2) is 32.2 Å². The van der Waals surface area contributed by atoms with Gasteiger partial charge in [-0.2, -0.15) is 13.2 Å². The number of carbonyl (C=O) groups is 1. The number of benzene rings is 2. The van der Waals surface area contributed by atoms with Gasteiger partial charge in [0.05, 0.1) is 18.2 Å². The van der Waals surface area contributed by atoms with Gasteiger partial charge in [-0.3, -0.25) is 0 Å². The Balaban J connectivity index is 1.47. The number of hydrogen-bond acceptors (Lipinski definition) is 3. The Morgan fingerprint density at radius 2 is 1.91 bits per heavy atom. The van der Waals surface area contributed by atoms with Crippen molar-refractivity contribution in [2.75, 3.05) is 6.54 Å². The van der Waals surface area contributed by atoms with Crippen LogP contribution in [0.4, 0.5) is 18.0 Å². The molecule has 1 aromatic heterocycles. The molecule has 0 saturated carbocycles. The van der Waals surface area contributed by atoms with Crippen molar-refractivity contribution in [3.05, 3.63) is 81.9 Å². The molecule has 33 heavy (non-hydrogen) atoms. The molecule has 0 aliphatic carbocycles. The minimum atomic E-state index is -4.42. The predicted octanol–water partition coefficient (Wildman–Crippen LogP) is 5.35. The number of nitrogens with zero attached hydrogens (tertiary/aromatic N) is 4. The van der Waals surface area contributed by atoms with Crippen molar-refractivity contribution in [1.29, 1.82) is 0 Å². The van der Waals surface area contributed by atoms with Gasteiger partial charge in [0.15, 0.2) is 5.82 Å². The van der Waals surface area contributed by atoms with Gasteiger partial charge in [0.1, 0.15) is 5.82 Å². The van der Waals surface area contributed by atoms with Crippen molar-refractivity contribution in [3.8, 4) is 0 Å². The summed E-state index contributed by atoms with van der Waals surface area (Å²) in [4.78, 5) is 14.6. The average molecular weight is 478 g/mol. The topological polar surface area (TPSA) is 63.1 Å². The van der Waals surface area contributed by atoms with Crippen LogP contribution in [0.2, 0.25) is 5.02 Å². The van der Waals surface area contributed by atoms with E-state index in [-0.39, 0.29) is 18.6 Å². The molecule has 1 N–H and O–H groups in total. The largest absolute Gasteiger partial charge is 0.416 e. The van der Waals surface area contributed by atoms with Gasteiger partial charge in [-0.1, -0.05) is 35.9 Å². The van der Waals surface area contributed by atoms with Crippen LogP contribution in [-0.2, 0) is 19.3 Å². The van der Waals surface area contributed by atoms with E-state index in [0.717, 1.165) is 36.4 Å². The van der Waals surface area contributed by atoms with Gasteiger partial charge in [0.25, 0.3) is 0 Å². The molecule has 6 nitrogen and oxygen atoms in total. The molecule has 1 aliphatic heterocycles. The predicted molar refractivity (Wildman–Crippen MR) is 118 cm³/mol. The fourth-order valence-electron chi connectivity index (χ4n) is 4.03. The molecular weight excluding hydrogens is 455 g/mol. The lowest BCUT2D eigenvalue weighted by Gasteiger charge is -2.25. The van der Waals surface area contributed by atoms with E-state index >= 15 is 0 Å². The molecule has 4 rings (SSSR count). The van der Waals surface area contributed by atoms with Crippen LogP contribution in [0.25, 0.3) is 0 Å². The van der Waals surface area contributed by atoms with Crippen LogP contribution in [0.5, 0.6) is 0 Å². The Labute approximate surface area is 194 Å². The van der Waals surface area contributed by atoms with E-state index in [1.807, 2.05) is 35.8 Å². The lowest BCUT2D eigenvalue weighted by molar-refractivity contribution is -0.137. The number of aryl methyl sites for hydroxylation is 1. The van der Waals surface area contributed by atoms with Gasteiger partial charge in [-0.25, -0.2) is 4.79 Å². The molecule has 0 radical (unpaired) electrons. The number of rotatable bonds is 5. The van der Waals surface area contributed by atoms with E-state index in [0.29, 0.717) is 29.5 Å². The second-order valence-electron chi connectivity index (χ2n) is 8.03. The summed E-state index contributed by atoms with van der Waals surface area (Å²) in [5.41, 5.74) is 0.678. The van der Waals surface area contributed by atoms with E-state index in [1.165, 1.54) is 6.07 Å². The first kappa shape index (κ1) is 23.1. The van der Waals surface area contributed by atoms with E-state index in [1.54, 1.807) is 11.0 Å². The van der Waals surface area contributed by atoms with Crippen LogP contribution in [0.15, 0.2) is 48.5 Å². The Morgan fingerprint density at radius 1 is 1.15 bits per heavy atom. The van der Waals surface area contributed by atoms with E-state index in [2.05, 4.69) is 15.5 Å². The van der Waals surface area contributed by atoms with Crippen molar-refractivity contribution in [2.45, 2.75) is 45.1 Å². The Hall–Kier alpha value is -3.07. The number of amides is 2. The third-order valence-electron chi connectivity index (χ3n) is 5.73. The van der Waals surface area contributed by atoms with Crippen LogP contribution in [0.3, 0.4) is 0 Å². The standard InChI is InChI=1S/C23H23ClF3N5O/c1-15-29-30-21(32(15)14-16-7-9-19(24)10-8-16)20-6-3-11-31(20)22(33)28-13-17-4-2-5-18(12-17)23(25,26)27/h2,4-5,7-10,12,20H,3,6,11,13-14H2,1H3,(H,28,33)/t20-/m1/s1. The molecule has 0 bridgehead atoms. The summed E-state index contributed by atoms with van der Waals surface area (Å²) in [7, 11) is 0. The maximum atomic E-state index is 12.9. The Morgan fingerprint density at radius 3 is 2.64 bits per heavy atom. The number of aromatic nitrogens is 3. The van der Waals surface area contributed by atoms with Gasteiger partial charge in [-0.15, -0.1) is 10.2 Å². The maximum absolute atomic E-state index is 12.9. The lowest BCUT2D eigenvalue weighted by atomic mass is 10.1. The zero-order chi connectivity index (χ0) is 23.6. The highest BCUT2D eigenvalue weighted by molar-refractivity contribution is 6.30. The highest BCUT2D eigenvalue weighted by atomic mass is 35.5. The minimum absolute atomic E-state index is 0.00245. The highest BCUT2D eigenvalue weighted by Crippen LogP contribution is 2.32. The lowest BCUT2D eigenvalue weighted by Crippen LogP contribution is -2.40. The van der Waals surface area contributed by atoms with Crippen molar-refractivity contribution < 1.29 is 18.0 Å². The SMILES string of the molecule is Cc1nnc([C@H]2CCCN2C(=O)NCc2cccc(C(F)(F)F)c2)n1Cc1ccc(Cl)cc1. The molecule has 1 fully saturated rings. The molecule has 174 valence electrons. The number of hydrogen-bond donors (Lipinski definition) is 1. The summed E-state index contributed by atoms with van der Waals surface area (Å²) in [6.45, 7) is 2.94. The van der Waals surface area contributed by atoms with Crippen molar-refractivity contribution in [3.63, 3.8) is 0 Å². The summed E-state index contributed by atoms with van der Waals surface area (Å²) in [5.74, 6) is 1.42. The fraction of sp³-hybridized carbons (Fsp3) is 0.348.